The zero-order valence-electron chi connectivity index (χ0n) is 8.92. The van der Waals surface area contributed by atoms with Crippen LogP contribution in [-0.4, -0.2) is 11.6 Å². The molecule has 0 amide bonds. The highest BCUT2D eigenvalue weighted by molar-refractivity contribution is 4.96. The molecule has 78 valence electrons. The Morgan fingerprint density at radius 1 is 1.23 bits per heavy atom. The van der Waals surface area contributed by atoms with E-state index in [0.29, 0.717) is 0 Å². The van der Waals surface area contributed by atoms with Crippen molar-refractivity contribution in [3.63, 3.8) is 0 Å². The van der Waals surface area contributed by atoms with Crippen LogP contribution in [0, 0.1) is 0 Å². The van der Waals surface area contributed by atoms with Crippen molar-refractivity contribution in [3.8, 4) is 0 Å². The summed E-state index contributed by atoms with van der Waals surface area (Å²) in [5.41, 5.74) is 6.57. The lowest BCUT2D eigenvalue weighted by Gasteiger charge is -2.20. The summed E-state index contributed by atoms with van der Waals surface area (Å²) in [4.78, 5) is 0. The van der Waals surface area contributed by atoms with E-state index in [1.54, 1.807) is 11.2 Å². The molecule has 0 aliphatic carbocycles. The predicted octanol–water partition coefficient (Wildman–Crippen LogP) is 1.95. The van der Waals surface area contributed by atoms with Gasteiger partial charge >= 0.3 is 0 Å². The molecule has 0 aromatic carbocycles. The van der Waals surface area contributed by atoms with Crippen LogP contribution in [-0.2, 0) is 0 Å². The number of rotatable bonds is 7. The highest BCUT2D eigenvalue weighted by Crippen LogP contribution is 2.10. The van der Waals surface area contributed by atoms with Crippen molar-refractivity contribution in [2.24, 2.45) is 11.6 Å². The molecule has 13 heavy (non-hydrogen) atoms. The minimum atomic E-state index is 0.884. The van der Waals surface area contributed by atoms with Crippen LogP contribution in [0.2, 0.25) is 0 Å². The van der Waals surface area contributed by atoms with E-state index in [-0.39, 0.29) is 0 Å². The van der Waals surface area contributed by atoms with Crippen molar-refractivity contribution in [2.75, 3.05) is 6.54 Å². The summed E-state index contributed by atoms with van der Waals surface area (Å²) < 4.78 is 0. The van der Waals surface area contributed by atoms with Gasteiger partial charge in [-0.15, -0.1) is 0 Å². The Labute approximate surface area is 81.7 Å². The van der Waals surface area contributed by atoms with Crippen LogP contribution in [0.4, 0.5) is 0 Å². The monoisotopic (exact) mass is 185 g/mol. The SMILES string of the molecule is CCCCC/C(=C/N)N(N)CCC. The number of nitrogens with zero attached hydrogens (tertiary/aromatic N) is 1. The van der Waals surface area contributed by atoms with E-state index in [1.165, 1.54) is 19.3 Å². The largest absolute Gasteiger partial charge is 0.403 e. The average Bonchev–Trinajstić information content (AvgIpc) is 2.13. The molecule has 0 unspecified atom stereocenters. The lowest BCUT2D eigenvalue weighted by atomic mass is 10.1. The molecule has 0 spiro atoms. The fourth-order valence-corrected chi connectivity index (χ4v) is 1.26. The first-order valence-corrected chi connectivity index (χ1v) is 5.19. The molecule has 0 aliphatic rings. The summed E-state index contributed by atoms with van der Waals surface area (Å²) in [5.74, 6) is 5.81. The smallest absolute Gasteiger partial charge is 0.0445 e. The maximum absolute atomic E-state index is 5.81. The summed E-state index contributed by atoms with van der Waals surface area (Å²) in [5, 5.41) is 1.76. The number of nitrogens with two attached hydrogens (primary N) is 2. The zero-order valence-corrected chi connectivity index (χ0v) is 8.92. The third-order valence-electron chi connectivity index (χ3n) is 2.06. The minimum Gasteiger partial charge on any atom is -0.403 e. The molecule has 0 radical (unpaired) electrons. The Morgan fingerprint density at radius 2 is 1.92 bits per heavy atom. The zero-order chi connectivity index (χ0) is 10.1. The summed E-state index contributed by atoms with van der Waals surface area (Å²) >= 11 is 0. The van der Waals surface area contributed by atoms with E-state index in [4.69, 9.17) is 11.6 Å². The molecule has 3 heteroatoms. The van der Waals surface area contributed by atoms with E-state index >= 15 is 0 Å². The lowest BCUT2D eigenvalue weighted by molar-refractivity contribution is 0.341. The number of hydrogen-bond donors (Lipinski definition) is 2. The topological polar surface area (TPSA) is 55.3 Å². The first-order chi connectivity index (χ1) is 6.26. The van der Waals surface area contributed by atoms with Gasteiger partial charge in [-0.3, -0.25) is 0 Å². The van der Waals surface area contributed by atoms with Crippen LogP contribution in [0.15, 0.2) is 11.9 Å². The molecule has 0 fully saturated rings. The Hall–Kier alpha value is -0.700. The van der Waals surface area contributed by atoms with Gasteiger partial charge in [-0.1, -0.05) is 26.7 Å². The van der Waals surface area contributed by atoms with Gasteiger partial charge < -0.3 is 10.7 Å². The highest BCUT2D eigenvalue weighted by Gasteiger charge is 2.02. The van der Waals surface area contributed by atoms with Crippen LogP contribution in [0.5, 0.6) is 0 Å². The molecule has 4 N–H and O–H groups in total. The van der Waals surface area contributed by atoms with Gasteiger partial charge in [0.2, 0.25) is 0 Å². The maximum Gasteiger partial charge on any atom is 0.0445 e. The second-order valence-electron chi connectivity index (χ2n) is 3.31. The summed E-state index contributed by atoms with van der Waals surface area (Å²) in [7, 11) is 0. The van der Waals surface area contributed by atoms with Crippen molar-refractivity contribution in [1.82, 2.24) is 5.01 Å². The fourth-order valence-electron chi connectivity index (χ4n) is 1.26. The highest BCUT2D eigenvalue weighted by atomic mass is 15.4. The van der Waals surface area contributed by atoms with Gasteiger partial charge in [-0.2, -0.15) is 0 Å². The first-order valence-electron chi connectivity index (χ1n) is 5.19. The Morgan fingerprint density at radius 3 is 2.38 bits per heavy atom. The van der Waals surface area contributed by atoms with E-state index < -0.39 is 0 Å². The Bertz CT molecular complexity index is 143. The van der Waals surface area contributed by atoms with E-state index in [0.717, 1.165) is 25.1 Å². The number of hydrazine groups is 1. The minimum absolute atomic E-state index is 0.884. The van der Waals surface area contributed by atoms with Gasteiger partial charge in [-0.05, 0) is 19.3 Å². The quantitative estimate of drug-likeness (QED) is 0.362. The Balaban J connectivity index is 3.75. The second-order valence-corrected chi connectivity index (χ2v) is 3.31. The number of hydrogen-bond acceptors (Lipinski definition) is 3. The molecule has 0 heterocycles. The molecule has 0 aromatic rings. The molecular formula is C10H23N3. The standard InChI is InChI=1S/C10H23N3/c1-3-5-6-7-10(9-11)13(12)8-4-2/h9H,3-8,11-12H2,1-2H3/b10-9-. The molecule has 0 aliphatic heterocycles. The summed E-state index contributed by atoms with van der Waals surface area (Å²) in [6, 6.07) is 0. The van der Waals surface area contributed by atoms with Gasteiger partial charge in [0.1, 0.15) is 0 Å². The van der Waals surface area contributed by atoms with Gasteiger partial charge in [0, 0.05) is 18.4 Å². The van der Waals surface area contributed by atoms with Crippen LogP contribution in [0.1, 0.15) is 46.0 Å². The number of allylic oxidation sites excluding steroid dienone is 1. The molecule has 0 saturated carbocycles. The third kappa shape index (κ3) is 5.53. The molecule has 0 saturated heterocycles. The van der Waals surface area contributed by atoms with Crippen LogP contribution in [0.25, 0.3) is 0 Å². The number of unbranched alkanes of at least 4 members (excludes halogenated alkanes) is 2. The molecule has 0 bridgehead atoms. The van der Waals surface area contributed by atoms with Crippen molar-refractivity contribution in [2.45, 2.75) is 46.0 Å². The third-order valence-corrected chi connectivity index (χ3v) is 2.06. The van der Waals surface area contributed by atoms with Gasteiger partial charge in [0.05, 0.1) is 0 Å². The molecule has 3 nitrogen and oxygen atoms in total. The van der Waals surface area contributed by atoms with Crippen molar-refractivity contribution >= 4 is 0 Å². The van der Waals surface area contributed by atoms with Crippen molar-refractivity contribution in [3.05, 3.63) is 11.9 Å². The van der Waals surface area contributed by atoms with Gasteiger partial charge in [0.25, 0.3) is 0 Å². The van der Waals surface area contributed by atoms with Crippen molar-refractivity contribution < 1.29 is 0 Å². The van der Waals surface area contributed by atoms with E-state index in [2.05, 4.69) is 13.8 Å². The molecular weight excluding hydrogens is 162 g/mol. The van der Waals surface area contributed by atoms with Crippen LogP contribution in [0.3, 0.4) is 0 Å². The summed E-state index contributed by atoms with van der Waals surface area (Å²) in [6.45, 7) is 5.19. The maximum atomic E-state index is 5.81. The van der Waals surface area contributed by atoms with E-state index in [9.17, 15) is 0 Å². The van der Waals surface area contributed by atoms with Crippen LogP contribution >= 0.6 is 0 Å². The van der Waals surface area contributed by atoms with Crippen molar-refractivity contribution in [1.29, 1.82) is 0 Å². The Kier molecular flexibility index (Phi) is 7.50. The molecule has 0 rings (SSSR count). The average molecular weight is 185 g/mol. The normalized spacial score (nSPS) is 11.8. The lowest BCUT2D eigenvalue weighted by Crippen LogP contribution is -2.31. The second kappa shape index (κ2) is 7.92. The fraction of sp³-hybridized carbons (Fsp3) is 0.800. The predicted molar refractivity (Wildman–Crippen MR) is 57.6 cm³/mol. The van der Waals surface area contributed by atoms with E-state index in [1.807, 2.05) is 0 Å². The van der Waals surface area contributed by atoms with Gasteiger partial charge in [-0.25, -0.2) is 5.84 Å². The van der Waals surface area contributed by atoms with Crippen LogP contribution < -0.4 is 11.6 Å². The molecule has 0 atom stereocenters. The van der Waals surface area contributed by atoms with Gasteiger partial charge in [0.15, 0.2) is 0 Å². The first kappa shape index (κ1) is 12.3. The molecule has 0 aromatic heterocycles. The summed E-state index contributed by atoms with van der Waals surface area (Å²) in [6.07, 6.45) is 7.35.